The summed E-state index contributed by atoms with van der Waals surface area (Å²) in [5.41, 5.74) is 1.27. The van der Waals surface area contributed by atoms with E-state index in [-0.39, 0.29) is 35.8 Å². The van der Waals surface area contributed by atoms with Gasteiger partial charge in [-0.25, -0.2) is 17.5 Å². The Kier molecular flexibility index (Phi) is 7.61. The highest BCUT2D eigenvalue weighted by atomic mass is 32.2. The fourth-order valence-corrected chi connectivity index (χ4v) is 4.28. The molecule has 3 aromatic carbocycles. The molecule has 1 amide bonds. The third-order valence-corrected chi connectivity index (χ3v) is 6.48. The molecule has 0 aromatic heterocycles. The van der Waals surface area contributed by atoms with Crippen molar-refractivity contribution in [3.8, 4) is 5.75 Å². The van der Waals surface area contributed by atoms with Crippen molar-refractivity contribution >= 4 is 15.9 Å². The lowest BCUT2D eigenvalue weighted by Crippen LogP contribution is -2.31. The summed E-state index contributed by atoms with van der Waals surface area (Å²) in [7, 11) is -2.16. The molecular formula is C24H25FN2O4S. The van der Waals surface area contributed by atoms with Gasteiger partial charge in [-0.15, -0.1) is 0 Å². The lowest BCUT2D eigenvalue weighted by molar-refractivity contribution is -0.132. The van der Waals surface area contributed by atoms with Crippen molar-refractivity contribution in [1.29, 1.82) is 0 Å². The molecule has 1 atom stereocenters. The van der Waals surface area contributed by atoms with E-state index in [2.05, 4.69) is 4.72 Å². The van der Waals surface area contributed by atoms with Crippen molar-refractivity contribution in [2.75, 3.05) is 13.7 Å². The van der Waals surface area contributed by atoms with Gasteiger partial charge in [0.2, 0.25) is 10.0 Å². The number of carbonyl (C=O) groups is 1. The maximum Gasteiger partial charge on any atom is 0.260 e. The Hall–Kier alpha value is -3.23. The number of hydrogen-bond acceptors (Lipinski definition) is 4. The molecule has 6 nitrogen and oxygen atoms in total. The van der Waals surface area contributed by atoms with Gasteiger partial charge in [-0.1, -0.05) is 48.5 Å². The van der Waals surface area contributed by atoms with E-state index in [1.54, 1.807) is 32.2 Å². The molecule has 3 rings (SSSR count). The van der Waals surface area contributed by atoms with E-state index in [9.17, 15) is 17.6 Å². The first-order chi connectivity index (χ1) is 15.3. The molecular weight excluding hydrogens is 431 g/mol. The van der Waals surface area contributed by atoms with Gasteiger partial charge in [-0.2, -0.15) is 0 Å². The number of amides is 1. The molecule has 0 heterocycles. The zero-order chi connectivity index (χ0) is 23.1. The summed E-state index contributed by atoms with van der Waals surface area (Å²) in [6.45, 7) is 1.64. The minimum atomic E-state index is -3.72. The van der Waals surface area contributed by atoms with Gasteiger partial charge in [0.25, 0.3) is 5.91 Å². The number of sulfonamides is 1. The highest BCUT2D eigenvalue weighted by Gasteiger charge is 2.18. The number of benzene rings is 3. The monoisotopic (exact) mass is 456 g/mol. The van der Waals surface area contributed by atoms with E-state index < -0.39 is 10.0 Å². The number of hydrogen-bond donors (Lipinski definition) is 1. The van der Waals surface area contributed by atoms with Crippen LogP contribution in [0.4, 0.5) is 4.39 Å². The van der Waals surface area contributed by atoms with Crippen LogP contribution in [0.3, 0.4) is 0 Å². The SMILES string of the molecule is CC(NS(=O)(=O)c1ccc(OCC(=O)N(C)Cc2ccccc2F)cc1)c1ccccc1. The summed E-state index contributed by atoms with van der Waals surface area (Å²) in [4.78, 5) is 13.7. The molecule has 0 saturated carbocycles. The van der Waals surface area contributed by atoms with Crippen LogP contribution in [0, 0.1) is 5.82 Å². The van der Waals surface area contributed by atoms with Gasteiger partial charge in [0.05, 0.1) is 4.90 Å². The number of nitrogens with one attached hydrogen (secondary N) is 1. The molecule has 0 aliphatic carbocycles. The average molecular weight is 457 g/mol. The Balaban J connectivity index is 1.56. The summed E-state index contributed by atoms with van der Waals surface area (Å²) in [6, 6.07) is 21.0. The van der Waals surface area contributed by atoms with Crippen LogP contribution in [0.5, 0.6) is 5.75 Å². The van der Waals surface area contributed by atoms with Crippen LogP contribution in [0.15, 0.2) is 83.8 Å². The van der Waals surface area contributed by atoms with Gasteiger partial charge in [0.15, 0.2) is 6.61 Å². The molecule has 0 aliphatic rings. The summed E-state index contributed by atoms with van der Waals surface area (Å²) in [5, 5.41) is 0. The molecule has 32 heavy (non-hydrogen) atoms. The Morgan fingerprint density at radius 3 is 2.28 bits per heavy atom. The van der Waals surface area contributed by atoms with E-state index in [0.29, 0.717) is 11.3 Å². The number of ether oxygens (including phenoxy) is 1. The summed E-state index contributed by atoms with van der Waals surface area (Å²) in [5.74, 6) is -0.351. The predicted octanol–water partition coefficient (Wildman–Crippen LogP) is 3.90. The van der Waals surface area contributed by atoms with Crippen molar-refractivity contribution in [1.82, 2.24) is 9.62 Å². The smallest absolute Gasteiger partial charge is 0.260 e. The zero-order valence-electron chi connectivity index (χ0n) is 17.9. The van der Waals surface area contributed by atoms with Gasteiger partial charge in [-0.05, 0) is 42.8 Å². The highest BCUT2D eigenvalue weighted by Crippen LogP contribution is 2.19. The van der Waals surface area contributed by atoms with E-state index in [4.69, 9.17) is 4.74 Å². The van der Waals surface area contributed by atoms with Crippen molar-refractivity contribution in [2.45, 2.75) is 24.4 Å². The van der Waals surface area contributed by atoms with E-state index in [1.165, 1.54) is 35.2 Å². The van der Waals surface area contributed by atoms with E-state index >= 15 is 0 Å². The van der Waals surface area contributed by atoms with Crippen molar-refractivity contribution < 1.29 is 22.3 Å². The Morgan fingerprint density at radius 1 is 1.00 bits per heavy atom. The first-order valence-corrected chi connectivity index (χ1v) is 11.5. The van der Waals surface area contributed by atoms with Crippen molar-refractivity contribution in [3.05, 3.63) is 95.8 Å². The zero-order valence-corrected chi connectivity index (χ0v) is 18.7. The van der Waals surface area contributed by atoms with E-state index in [1.807, 2.05) is 30.3 Å². The molecule has 0 radical (unpaired) electrons. The second kappa shape index (κ2) is 10.4. The largest absolute Gasteiger partial charge is 0.484 e. The van der Waals surface area contributed by atoms with Crippen LogP contribution in [-0.4, -0.2) is 32.9 Å². The van der Waals surface area contributed by atoms with Gasteiger partial charge in [0, 0.05) is 25.2 Å². The molecule has 3 aromatic rings. The first kappa shape index (κ1) is 23.4. The van der Waals surface area contributed by atoms with Crippen LogP contribution in [0.25, 0.3) is 0 Å². The molecule has 1 N–H and O–H groups in total. The topological polar surface area (TPSA) is 75.7 Å². The Morgan fingerprint density at radius 2 is 1.62 bits per heavy atom. The van der Waals surface area contributed by atoms with Crippen molar-refractivity contribution in [2.24, 2.45) is 0 Å². The van der Waals surface area contributed by atoms with Gasteiger partial charge in [-0.3, -0.25) is 4.79 Å². The lowest BCUT2D eigenvalue weighted by atomic mass is 10.1. The quantitative estimate of drug-likeness (QED) is 0.530. The lowest BCUT2D eigenvalue weighted by Gasteiger charge is -2.18. The number of halogens is 1. The van der Waals surface area contributed by atoms with Crippen LogP contribution in [0.2, 0.25) is 0 Å². The van der Waals surface area contributed by atoms with Crippen LogP contribution in [-0.2, 0) is 21.4 Å². The fourth-order valence-electron chi connectivity index (χ4n) is 3.05. The Labute approximate surface area is 187 Å². The summed E-state index contributed by atoms with van der Waals surface area (Å²) < 4.78 is 47.1. The number of rotatable bonds is 9. The molecule has 0 fully saturated rings. The molecule has 0 aliphatic heterocycles. The summed E-state index contributed by atoms with van der Waals surface area (Å²) >= 11 is 0. The minimum absolute atomic E-state index is 0.0932. The molecule has 1 unspecified atom stereocenters. The molecule has 0 saturated heterocycles. The van der Waals surface area contributed by atoms with Gasteiger partial charge in [0.1, 0.15) is 11.6 Å². The second-order valence-corrected chi connectivity index (χ2v) is 9.07. The number of nitrogens with zero attached hydrogens (tertiary/aromatic N) is 1. The predicted molar refractivity (Wildman–Crippen MR) is 120 cm³/mol. The molecule has 0 spiro atoms. The molecule has 8 heteroatoms. The van der Waals surface area contributed by atoms with Gasteiger partial charge < -0.3 is 9.64 Å². The Bertz CT molecular complexity index is 1150. The third-order valence-electron chi connectivity index (χ3n) is 4.92. The molecule has 168 valence electrons. The van der Waals surface area contributed by atoms with Crippen LogP contribution in [0.1, 0.15) is 24.1 Å². The second-order valence-electron chi connectivity index (χ2n) is 7.35. The third kappa shape index (κ3) is 6.15. The standard InChI is InChI=1S/C24H25FN2O4S/c1-18(19-8-4-3-5-9-19)26-32(29,30)22-14-12-21(13-15-22)31-17-24(28)27(2)16-20-10-6-7-11-23(20)25/h3-15,18,26H,16-17H2,1-2H3. The normalized spacial score (nSPS) is 12.2. The maximum absolute atomic E-state index is 13.8. The highest BCUT2D eigenvalue weighted by molar-refractivity contribution is 7.89. The average Bonchev–Trinajstić information content (AvgIpc) is 2.79. The van der Waals surface area contributed by atoms with Crippen LogP contribution >= 0.6 is 0 Å². The fraction of sp³-hybridized carbons (Fsp3) is 0.208. The number of carbonyl (C=O) groups excluding carboxylic acids is 1. The maximum atomic E-state index is 13.8. The van der Waals surface area contributed by atoms with Crippen LogP contribution < -0.4 is 9.46 Å². The van der Waals surface area contributed by atoms with Gasteiger partial charge >= 0.3 is 0 Å². The number of likely N-dealkylation sites (N-methyl/N-ethyl adjacent to an activating group) is 1. The minimum Gasteiger partial charge on any atom is -0.484 e. The van der Waals surface area contributed by atoms with E-state index in [0.717, 1.165) is 5.56 Å². The summed E-state index contributed by atoms with van der Waals surface area (Å²) in [6.07, 6.45) is 0. The van der Waals surface area contributed by atoms with Crippen molar-refractivity contribution in [3.63, 3.8) is 0 Å². The molecule has 0 bridgehead atoms. The first-order valence-electron chi connectivity index (χ1n) is 10.0.